The number of azo groups is 1. The first kappa shape index (κ1) is 27.3. The van der Waals surface area contributed by atoms with Crippen LogP contribution in [0, 0.1) is 6.92 Å². The number of anilines is 1. The van der Waals surface area contributed by atoms with Gasteiger partial charge in [-0.1, -0.05) is 53.5 Å². The third kappa shape index (κ3) is 5.58. The van der Waals surface area contributed by atoms with Crippen LogP contribution in [0.3, 0.4) is 0 Å². The van der Waals surface area contributed by atoms with Gasteiger partial charge >= 0.3 is 0 Å². The molecule has 0 heterocycles. The predicted octanol–water partition coefficient (Wildman–Crippen LogP) is 7.47. The van der Waals surface area contributed by atoms with Crippen molar-refractivity contribution in [2.45, 2.75) is 18.7 Å². The van der Waals surface area contributed by atoms with Crippen LogP contribution in [0.5, 0.6) is 11.5 Å². The number of hydrogen-bond acceptors (Lipinski definition) is 7. The highest BCUT2D eigenvalue weighted by molar-refractivity contribution is 7.86. The maximum absolute atomic E-state index is 13.2. The number of ether oxygens (including phenoxy) is 1. The lowest BCUT2D eigenvalue weighted by molar-refractivity contribution is 0.102. The van der Waals surface area contributed by atoms with Crippen molar-refractivity contribution in [3.05, 3.63) is 81.8 Å². The molecule has 0 bridgehead atoms. The van der Waals surface area contributed by atoms with Crippen molar-refractivity contribution in [2.24, 2.45) is 10.2 Å². The summed E-state index contributed by atoms with van der Waals surface area (Å²) < 4.78 is 39.0. The van der Waals surface area contributed by atoms with Crippen molar-refractivity contribution in [3.63, 3.8) is 0 Å². The quantitative estimate of drug-likeness (QED) is 0.155. The van der Waals surface area contributed by atoms with Gasteiger partial charge in [-0.3, -0.25) is 9.35 Å². The number of aromatic hydroxyl groups is 1. The zero-order valence-electron chi connectivity index (χ0n) is 20.1. The summed E-state index contributed by atoms with van der Waals surface area (Å²) in [6, 6.07) is 15.9. The van der Waals surface area contributed by atoms with Gasteiger partial charge in [0, 0.05) is 11.5 Å². The van der Waals surface area contributed by atoms with E-state index >= 15 is 0 Å². The Balaban J connectivity index is 1.81. The Hall–Kier alpha value is -3.70. The highest BCUT2D eigenvalue weighted by atomic mass is 35.5. The molecule has 4 aromatic rings. The number of carbonyl (C=O) groups is 1. The number of amides is 1. The Kier molecular flexibility index (Phi) is 7.89. The number of rotatable bonds is 7. The summed E-state index contributed by atoms with van der Waals surface area (Å²) in [5.74, 6) is -0.638. The van der Waals surface area contributed by atoms with E-state index < -0.39 is 26.7 Å². The molecule has 4 rings (SSSR count). The first-order valence-corrected chi connectivity index (χ1v) is 13.4. The second-order valence-electron chi connectivity index (χ2n) is 8.09. The van der Waals surface area contributed by atoms with E-state index in [4.69, 9.17) is 27.9 Å². The molecule has 4 aromatic carbocycles. The largest absolute Gasteiger partial charge is 0.505 e. The van der Waals surface area contributed by atoms with Crippen LogP contribution in [-0.2, 0) is 10.1 Å². The highest BCUT2D eigenvalue weighted by Gasteiger charge is 2.23. The number of fused-ring (bicyclic) bond motifs is 1. The summed E-state index contributed by atoms with van der Waals surface area (Å²) in [4.78, 5) is 12.6. The van der Waals surface area contributed by atoms with Crippen LogP contribution < -0.4 is 10.1 Å². The molecule has 38 heavy (non-hydrogen) atoms. The fourth-order valence-corrected chi connectivity index (χ4v) is 5.17. The minimum Gasteiger partial charge on any atom is -0.505 e. The van der Waals surface area contributed by atoms with Crippen molar-refractivity contribution in [1.29, 1.82) is 0 Å². The number of aryl methyl sites for hydroxylation is 1. The lowest BCUT2D eigenvalue weighted by atomic mass is 10.0. The number of phenolic OH excluding ortho intramolecular Hbond substituents is 1. The molecular formula is C26H21Cl2N3O6S. The minimum absolute atomic E-state index is 0.0910. The molecule has 0 saturated carbocycles. The van der Waals surface area contributed by atoms with Crippen LogP contribution in [-0.4, -0.2) is 30.6 Å². The number of nitrogens with zero attached hydrogens (tertiary/aromatic N) is 2. The Bertz CT molecular complexity index is 1710. The Morgan fingerprint density at radius 1 is 1.00 bits per heavy atom. The van der Waals surface area contributed by atoms with Gasteiger partial charge in [0.1, 0.15) is 22.0 Å². The molecule has 0 radical (unpaired) electrons. The maximum Gasteiger partial charge on any atom is 0.298 e. The van der Waals surface area contributed by atoms with Crippen molar-refractivity contribution in [3.8, 4) is 11.5 Å². The Morgan fingerprint density at radius 3 is 2.39 bits per heavy atom. The van der Waals surface area contributed by atoms with Crippen molar-refractivity contribution >= 4 is 67.1 Å². The van der Waals surface area contributed by atoms with E-state index in [1.54, 1.807) is 49.4 Å². The van der Waals surface area contributed by atoms with Gasteiger partial charge < -0.3 is 15.2 Å². The summed E-state index contributed by atoms with van der Waals surface area (Å²) in [6.45, 7) is 3.84. The molecule has 0 spiro atoms. The van der Waals surface area contributed by atoms with Gasteiger partial charge in [-0.2, -0.15) is 8.42 Å². The normalized spacial score (nSPS) is 11.7. The molecular weight excluding hydrogens is 553 g/mol. The van der Waals surface area contributed by atoms with Gasteiger partial charge in [-0.05, 0) is 49.1 Å². The minimum atomic E-state index is -4.74. The van der Waals surface area contributed by atoms with E-state index in [9.17, 15) is 22.9 Å². The molecule has 3 N–H and O–H groups in total. The molecule has 12 heteroatoms. The predicted molar refractivity (Wildman–Crippen MR) is 146 cm³/mol. The number of phenols is 1. The molecule has 0 fully saturated rings. The lowest BCUT2D eigenvalue weighted by Crippen LogP contribution is -2.12. The molecule has 0 aromatic heterocycles. The average molecular weight is 574 g/mol. The zero-order chi connectivity index (χ0) is 27.6. The molecule has 0 saturated heterocycles. The lowest BCUT2D eigenvalue weighted by Gasteiger charge is -2.13. The topological polar surface area (TPSA) is 138 Å². The first-order chi connectivity index (χ1) is 18.0. The summed E-state index contributed by atoms with van der Waals surface area (Å²) in [5.41, 5.74) is 0.225. The average Bonchev–Trinajstić information content (AvgIpc) is 2.86. The van der Waals surface area contributed by atoms with Crippen molar-refractivity contribution in [2.75, 3.05) is 11.9 Å². The molecule has 0 atom stereocenters. The van der Waals surface area contributed by atoms with Gasteiger partial charge in [0.05, 0.1) is 27.9 Å². The molecule has 1 amide bonds. The van der Waals surface area contributed by atoms with E-state index in [0.29, 0.717) is 34.4 Å². The summed E-state index contributed by atoms with van der Waals surface area (Å²) in [5, 5.41) is 22.8. The number of benzene rings is 4. The second kappa shape index (κ2) is 11.0. The van der Waals surface area contributed by atoms with Crippen LogP contribution >= 0.6 is 23.2 Å². The third-order valence-electron chi connectivity index (χ3n) is 5.53. The van der Waals surface area contributed by atoms with E-state index in [-0.39, 0.29) is 27.0 Å². The standard InChI is InChI=1S/C26H21Cl2N3O6S/c1-3-37-16-9-11-21(20(28)13-16)29-26(33)18-12-15-6-4-5-7-17(15)23(24(18)32)31-30-22-14(2)8-10-19(27)25(22)38(34,35)36/h4-13,32H,3H2,1-2H3,(H,29,33)(H,34,35,36). The molecule has 0 aliphatic carbocycles. The fourth-order valence-electron chi connectivity index (χ4n) is 3.75. The summed E-state index contributed by atoms with van der Waals surface area (Å²) in [6.07, 6.45) is 0. The van der Waals surface area contributed by atoms with Gasteiger partial charge in [-0.15, -0.1) is 10.2 Å². The van der Waals surface area contributed by atoms with Crippen LogP contribution in [0.25, 0.3) is 10.8 Å². The maximum atomic E-state index is 13.2. The van der Waals surface area contributed by atoms with Gasteiger partial charge in [-0.25, -0.2) is 0 Å². The molecule has 196 valence electrons. The highest BCUT2D eigenvalue weighted by Crippen LogP contribution is 2.42. The molecule has 0 unspecified atom stereocenters. The molecule has 9 nitrogen and oxygen atoms in total. The second-order valence-corrected chi connectivity index (χ2v) is 10.3. The van der Waals surface area contributed by atoms with E-state index in [0.717, 1.165) is 0 Å². The number of carbonyl (C=O) groups excluding carboxylic acids is 1. The number of nitrogens with one attached hydrogen (secondary N) is 1. The van der Waals surface area contributed by atoms with Crippen molar-refractivity contribution < 1.29 is 27.6 Å². The third-order valence-corrected chi connectivity index (χ3v) is 7.20. The first-order valence-electron chi connectivity index (χ1n) is 11.2. The molecule has 0 aliphatic rings. The van der Waals surface area contributed by atoms with Crippen LogP contribution in [0.15, 0.2) is 75.8 Å². The summed E-state index contributed by atoms with van der Waals surface area (Å²) >= 11 is 12.3. The van der Waals surface area contributed by atoms with Crippen LogP contribution in [0.2, 0.25) is 10.0 Å². The van der Waals surface area contributed by atoms with E-state index in [2.05, 4.69) is 15.5 Å². The van der Waals surface area contributed by atoms with E-state index in [1.807, 2.05) is 6.92 Å². The fraction of sp³-hybridized carbons (Fsp3) is 0.115. The van der Waals surface area contributed by atoms with Gasteiger partial charge in [0.25, 0.3) is 16.0 Å². The van der Waals surface area contributed by atoms with Crippen LogP contribution in [0.4, 0.5) is 17.1 Å². The Labute approximate surface area is 228 Å². The SMILES string of the molecule is CCOc1ccc(NC(=O)c2cc3ccccc3c(N=Nc3c(C)ccc(Cl)c3S(=O)(=O)O)c2O)c(Cl)c1. The number of hydrogen-bond donors (Lipinski definition) is 3. The van der Waals surface area contributed by atoms with Crippen molar-refractivity contribution in [1.82, 2.24) is 0 Å². The van der Waals surface area contributed by atoms with Crippen LogP contribution in [0.1, 0.15) is 22.8 Å². The monoisotopic (exact) mass is 573 g/mol. The smallest absolute Gasteiger partial charge is 0.298 e. The Morgan fingerprint density at radius 2 is 1.71 bits per heavy atom. The summed E-state index contributed by atoms with van der Waals surface area (Å²) in [7, 11) is -4.74. The number of halogens is 2. The van der Waals surface area contributed by atoms with E-state index in [1.165, 1.54) is 18.2 Å². The molecule has 0 aliphatic heterocycles. The van der Waals surface area contributed by atoms with Gasteiger partial charge in [0.15, 0.2) is 5.75 Å². The zero-order valence-corrected chi connectivity index (χ0v) is 22.4. The van der Waals surface area contributed by atoms with Gasteiger partial charge in [0.2, 0.25) is 0 Å².